The summed E-state index contributed by atoms with van der Waals surface area (Å²) in [5.74, 6) is -1.11. The first-order chi connectivity index (χ1) is 35.0. The molecule has 73 heavy (non-hydrogen) atoms. The summed E-state index contributed by atoms with van der Waals surface area (Å²) < 4.78 is 50.1. The number of hydrogen-bond donors (Lipinski definition) is 2. The second-order valence-corrected chi connectivity index (χ2v) is 19.4. The summed E-state index contributed by atoms with van der Waals surface area (Å²) >= 11 is 0. The number of pyridine rings is 2. The molecular weight excluding hydrogens is 947 g/mol. The highest BCUT2D eigenvalue weighted by Crippen LogP contribution is 2.82. The third kappa shape index (κ3) is 8.58. The number of aryl methyl sites for hydroxylation is 1. The molecule has 2 N–H and O–H groups in total. The van der Waals surface area contributed by atoms with Crippen LogP contribution in [0.3, 0.4) is 0 Å². The Kier molecular flexibility index (Phi) is 12.5. The number of halogens is 2. The fraction of sp³-hybridized carbons (Fsp3) is 0.385. The van der Waals surface area contributed by atoms with E-state index < -0.39 is 64.5 Å². The summed E-state index contributed by atoms with van der Waals surface area (Å²) in [5.41, 5.74) is 0.904. The SMILES string of the molecule is CC(=O)NC[C@H]1CN(c2ccc(-c3ccc(C4(C#N)[C@]5(C)COC(CC(=O)NC[C@H]6CN(c7ccc(-c8ccc(C9=NOC(CC(=O)Cn%10ccnc%10C)C9)nc8)c(F)c7)C(=O)O6)[C@]45C)nc3)c(F)c2)C(=O)O1. The number of nitrogens with one attached hydrogen (secondary N) is 2. The van der Waals surface area contributed by atoms with Crippen LogP contribution in [0.1, 0.15) is 57.2 Å². The zero-order valence-electron chi connectivity index (χ0n) is 40.3. The molecule has 0 bridgehead atoms. The van der Waals surface area contributed by atoms with Crippen LogP contribution in [0.2, 0.25) is 0 Å². The van der Waals surface area contributed by atoms with Crippen molar-refractivity contribution in [3.05, 3.63) is 114 Å². The predicted octanol–water partition coefficient (Wildman–Crippen LogP) is 5.93. The molecule has 4 fully saturated rings. The molecule has 3 saturated heterocycles. The second-order valence-electron chi connectivity index (χ2n) is 19.4. The standard InChI is InChI=1S/C52H50F2N10O9/c1-29-56-13-14-62(29)24-35(66)17-36-18-44(61-73-36)43-11-5-31(20-58-43)39-9-7-34(15-41(39)53)64-26-38(72-49(64)69)23-60-47(67)19-46-51(4)50(3,28-70-46)52(51,27-55)45-12-6-32(21-59-45)40-10-8-33(16-42(40)54)63-25-37(71-48(63)68)22-57-30(2)65/h5-16,20-21,36-38,46H,17-19,22-26,28H2,1-4H3,(H,57,65)(H,60,67)/t36?,37-,38-,46?,50+,51-,52?/m0/s1. The van der Waals surface area contributed by atoms with Gasteiger partial charge in [0.2, 0.25) is 11.8 Å². The van der Waals surface area contributed by atoms with Gasteiger partial charge in [0.25, 0.3) is 0 Å². The Labute approximate surface area is 417 Å². The van der Waals surface area contributed by atoms with E-state index in [2.05, 4.69) is 36.8 Å². The van der Waals surface area contributed by atoms with Crippen LogP contribution in [-0.2, 0) is 45.4 Å². The number of Topliss-reactive ketones (excluding diaryl/α,β-unsaturated/α-hetero) is 1. The summed E-state index contributed by atoms with van der Waals surface area (Å²) in [4.78, 5) is 84.3. The molecule has 3 aromatic heterocycles. The summed E-state index contributed by atoms with van der Waals surface area (Å²) in [6, 6.07) is 18.0. The van der Waals surface area contributed by atoms with Gasteiger partial charge in [-0.25, -0.2) is 23.4 Å². The van der Waals surface area contributed by atoms with Crippen molar-refractivity contribution in [1.82, 2.24) is 30.2 Å². The molecule has 7 heterocycles. The minimum absolute atomic E-state index is 0.0122. The van der Waals surface area contributed by atoms with Gasteiger partial charge < -0.3 is 34.2 Å². The van der Waals surface area contributed by atoms with Crippen molar-refractivity contribution in [3.63, 3.8) is 0 Å². The number of rotatable bonds is 16. The zero-order chi connectivity index (χ0) is 51.4. The van der Waals surface area contributed by atoms with Crippen molar-refractivity contribution in [2.75, 3.05) is 42.6 Å². The summed E-state index contributed by atoms with van der Waals surface area (Å²) in [7, 11) is 0. The topological polar surface area (TPSA) is 233 Å². The lowest BCUT2D eigenvalue weighted by molar-refractivity contribution is -0.125. The number of imidazole rings is 1. The molecule has 7 atom stereocenters. The smallest absolute Gasteiger partial charge is 0.414 e. The van der Waals surface area contributed by atoms with Crippen LogP contribution in [0.5, 0.6) is 0 Å². The Hall–Kier alpha value is -8.12. The van der Waals surface area contributed by atoms with E-state index in [0.29, 0.717) is 40.3 Å². The van der Waals surface area contributed by atoms with Gasteiger partial charge in [-0.2, -0.15) is 5.26 Å². The van der Waals surface area contributed by atoms with E-state index in [-0.39, 0.29) is 86.6 Å². The molecule has 4 aliphatic heterocycles. The third-order valence-corrected chi connectivity index (χ3v) is 15.1. The highest BCUT2D eigenvalue weighted by atomic mass is 19.1. The van der Waals surface area contributed by atoms with Crippen molar-refractivity contribution in [2.45, 2.75) is 83.3 Å². The first-order valence-corrected chi connectivity index (χ1v) is 23.8. The number of nitriles is 1. The van der Waals surface area contributed by atoms with Crippen molar-refractivity contribution < 1.29 is 51.8 Å². The van der Waals surface area contributed by atoms with Gasteiger partial charge in [-0.05, 0) is 55.5 Å². The molecule has 3 unspecified atom stereocenters. The number of aromatic nitrogens is 4. The molecule has 1 aliphatic carbocycles. The first-order valence-electron chi connectivity index (χ1n) is 23.8. The van der Waals surface area contributed by atoms with Gasteiger partial charge in [-0.3, -0.25) is 34.2 Å². The van der Waals surface area contributed by atoms with Gasteiger partial charge in [-0.1, -0.05) is 31.1 Å². The van der Waals surface area contributed by atoms with Gasteiger partial charge >= 0.3 is 12.2 Å². The minimum atomic E-state index is -1.13. The fourth-order valence-electron chi connectivity index (χ4n) is 10.9. The predicted molar refractivity (Wildman–Crippen MR) is 257 cm³/mol. The normalized spacial score (nSPS) is 25.8. The number of benzene rings is 2. The summed E-state index contributed by atoms with van der Waals surface area (Å²) in [5, 5.41) is 20.4. The number of carbonyl (C=O) groups is 5. The Morgan fingerprint density at radius 3 is 2.00 bits per heavy atom. The quantitative estimate of drug-likeness (QED) is 0.117. The van der Waals surface area contributed by atoms with Crippen LogP contribution >= 0.6 is 0 Å². The van der Waals surface area contributed by atoms with Crippen LogP contribution in [0.15, 0.2) is 90.6 Å². The molecule has 0 spiro atoms. The van der Waals surface area contributed by atoms with E-state index in [4.69, 9.17) is 19.0 Å². The molecule has 0 radical (unpaired) electrons. The number of oxime groups is 1. The molecule has 5 aromatic rings. The first kappa shape index (κ1) is 48.5. The largest absolute Gasteiger partial charge is 0.442 e. The highest BCUT2D eigenvalue weighted by molar-refractivity contribution is 6.00. The summed E-state index contributed by atoms with van der Waals surface area (Å²) in [6.07, 6.45) is 3.13. The van der Waals surface area contributed by atoms with Gasteiger partial charge in [0.1, 0.15) is 46.9 Å². The van der Waals surface area contributed by atoms with Gasteiger partial charge in [0, 0.05) is 77.6 Å². The molecule has 2 aromatic carbocycles. The maximum absolute atomic E-state index is 15.7. The molecule has 5 aliphatic rings. The highest BCUT2D eigenvalue weighted by Gasteiger charge is 2.89. The van der Waals surface area contributed by atoms with Crippen LogP contribution in [0.25, 0.3) is 22.3 Å². The lowest BCUT2D eigenvalue weighted by Gasteiger charge is -2.25. The van der Waals surface area contributed by atoms with Crippen LogP contribution in [0, 0.1) is 40.7 Å². The van der Waals surface area contributed by atoms with E-state index in [1.54, 1.807) is 59.4 Å². The Morgan fingerprint density at radius 1 is 0.822 bits per heavy atom. The minimum Gasteiger partial charge on any atom is -0.442 e. The van der Waals surface area contributed by atoms with Crippen molar-refractivity contribution in [1.29, 1.82) is 5.26 Å². The number of fused-ring (bicyclic) bond motifs is 1. The number of anilines is 2. The van der Waals surface area contributed by atoms with Gasteiger partial charge in [0.05, 0.1) is 80.7 Å². The number of carbonyl (C=O) groups excluding carboxylic acids is 5. The third-order valence-electron chi connectivity index (χ3n) is 15.1. The zero-order valence-corrected chi connectivity index (χ0v) is 40.3. The molecule has 10 rings (SSSR count). The molecule has 1 saturated carbocycles. The van der Waals surface area contributed by atoms with Crippen LogP contribution in [-0.4, -0.2) is 112 Å². The van der Waals surface area contributed by atoms with Gasteiger partial charge in [0.15, 0.2) is 5.78 Å². The number of nitrogens with zero attached hydrogens (tertiary/aromatic N) is 8. The van der Waals surface area contributed by atoms with E-state index in [1.165, 1.54) is 47.3 Å². The van der Waals surface area contributed by atoms with Crippen molar-refractivity contribution >= 4 is 46.9 Å². The maximum atomic E-state index is 15.7. The van der Waals surface area contributed by atoms with E-state index in [1.807, 2.05) is 20.8 Å². The van der Waals surface area contributed by atoms with Crippen LogP contribution < -0.4 is 20.4 Å². The lowest BCUT2D eigenvalue weighted by atomic mass is 9.85. The van der Waals surface area contributed by atoms with E-state index in [0.717, 1.165) is 5.82 Å². The summed E-state index contributed by atoms with van der Waals surface area (Å²) in [6.45, 7) is 7.70. The van der Waals surface area contributed by atoms with Crippen molar-refractivity contribution in [2.24, 2.45) is 16.0 Å². The lowest BCUT2D eigenvalue weighted by Crippen LogP contribution is -2.39. The number of hydrogen-bond acceptors (Lipinski definition) is 14. The number of amides is 4. The Bertz CT molecular complexity index is 3130. The van der Waals surface area contributed by atoms with Crippen molar-refractivity contribution in [3.8, 4) is 28.3 Å². The molecular formula is C52H50F2N10O9. The number of cyclic esters (lactones) is 2. The number of ether oxygens (including phenoxy) is 3. The molecule has 4 amide bonds. The monoisotopic (exact) mass is 996 g/mol. The molecule has 376 valence electrons. The maximum Gasteiger partial charge on any atom is 0.414 e. The average molecular weight is 997 g/mol. The van der Waals surface area contributed by atoms with Gasteiger partial charge in [-0.15, -0.1) is 0 Å². The Morgan fingerprint density at radius 2 is 1.45 bits per heavy atom. The second kappa shape index (κ2) is 18.8. The van der Waals surface area contributed by atoms with E-state index in [9.17, 15) is 29.2 Å². The molecule has 21 heteroatoms. The number of ketones is 1. The fourth-order valence-corrected chi connectivity index (χ4v) is 10.9. The van der Waals surface area contributed by atoms with Crippen LogP contribution in [0.4, 0.5) is 29.7 Å². The Balaban J connectivity index is 0.716. The molecule has 19 nitrogen and oxygen atoms in total. The van der Waals surface area contributed by atoms with E-state index >= 15 is 8.78 Å². The average Bonchev–Trinajstić information content (AvgIpc) is 4.13.